The van der Waals surface area contributed by atoms with Crippen molar-refractivity contribution in [2.75, 3.05) is 12.0 Å². The lowest BCUT2D eigenvalue weighted by Crippen LogP contribution is -2.23. The van der Waals surface area contributed by atoms with E-state index in [1.165, 1.54) is 11.1 Å². The zero-order valence-corrected chi connectivity index (χ0v) is 19.1. The van der Waals surface area contributed by atoms with E-state index in [4.69, 9.17) is 9.47 Å². The average Bonchev–Trinajstić information content (AvgIpc) is 3.40. The fourth-order valence-corrected chi connectivity index (χ4v) is 4.83. The number of hydrogen-bond donors (Lipinski definition) is 0. The number of ketones is 1. The highest BCUT2D eigenvalue weighted by Crippen LogP contribution is 2.38. The molecule has 0 saturated heterocycles. The number of anilines is 1. The summed E-state index contributed by atoms with van der Waals surface area (Å²) in [6.07, 6.45) is 6.77. The highest BCUT2D eigenvalue weighted by atomic mass is 16.5. The van der Waals surface area contributed by atoms with Gasteiger partial charge < -0.3 is 14.4 Å². The van der Waals surface area contributed by atoms with Crippen LogP contribution in [0.15, 0.2) is 78.3 Å². The van der Waals surface area contributed by atoms with Gasteiger partial charge >= 0.3 is 0 Å². The van der Waals surface area contributed by atoms with Crippen molar-refractivity contribution in [3.05, 3.63) is 95.0 Å². The molecule has 1 aromatic heterocycles. The second-order valence-electron chi connectivity index (χ2n) is 8.69. The molecule has 0 N–H and O–H groups in total. The topological polar surface area (TPSA) is 51.7 Å². The van der Waals surface area contributed by atoms with Crippen LogP contribution in [-0.4, -0.2) is 24.0 Å². The van der Waals surface area contributed by atoms with Crippen LogP contribution >= 0.6 is 0 Å². The van der Waals surface area contributed by atoms with Crippen LogP contribution in [0.2, 0.25) is 0 Å². The number of allylic oxidation sites excluding steroid dienone is 2. The van der Waals surface area contributed by atoms with Gasteiger partial charge in [0, 0.05) is 61.2 Å². The second kappa shape index (κ2) is 9.10. The van der Waals surface area contributed by atoms with E-state index in [1.807, 2.05) is 37.3 Å². The van der Waals surface area contributed by atoms with Crippen LogP contribution in [0.3, 0.4) is 0 Å². The van der Waals surface area contributed by atoms with Gasteiger partial charge in [-0.2, -0.15) is 0 Å². The number of nitrogens with zero attached hydrogens (tertiary/aromatic N) is 2. The van der Waals surface area contributed by atoms with Crippen molar-refractivity contribution in [1.29, 1.82) is 0 Å². The van der Waals surface area contributed by atoms with Crippen molar-refractivity contribution in [2.24, 2.45) is 0 Å². The minimum atomic E-state index is 0.0780. The van der Waals surface area contributed by atoms with Crippen LogP contribution in [0, 0.1) is 0 Å². The minimum absolute atomic E-state index is 0.0780. The summed E-state index contributed by atoms with van der Waals surface area (Å²) in [6, 6.07) is 18.6. The lowest BCUT2D eigenvalue weighted by atomic mass is 10.1. The molecule has 5 rings (SSSR count). The predicted octanol–water partition coefficient (Wildman–Crippen LogP) is 5.28. The Bertz CT molecular complexity index is 1180. The van der Waals surface area contributed by atoms with Crippen molar-refractivity contribution in [2.45, 2.75) is 45.3 Å². The second-order valence-corrected chi connectivity index (χ2v) is 8.69. The molecule has 0 fully saturated rings. The Labute approximate surface area is 194 Å². The van der Waals surface area contributed by atoms with Crippen LogP contribution in [0.25, 0.3) is 0 Å². The van der Waals surface area contributed by atoms with E-state index in [2.05, 4.69) is 34.1 Å². The number of benzene rings is 2. The molecule has 5 heteroatoms. The Morgan fingerprint density at radius 3 is 2.33 bits per heavy atom. The Morgan fingerprint density at radius 2 is 1.70 bits per heavy atom. The fraction of sp³-hybridized carbons (Fsp3) is 0.286. The molecule has 2 aliphatic rings. The number of ether oxygens (including phenoxy) is 2. The van der Waals surface area contributed by atoms with E-state index in [0.717, 1.165) is 47.5 Å². The molecule has 1 heterocycles. The first-order chi connectivity index (χ1) is 16.1. The van der Waals surface area contributed by atoms with Gasteiger partial charge in [-0.3, -0.25) is 9.78 Å². The Hall–Kier alpha value is -3.60. The van der Waals surface area contributed by atoms with E-state index >= 15 is 0 Å². The number of rotatable bonds is 7. The van der Waals surface area contributed by atoms with Crippen molar-refractivity contribution in [3.8, 4) is 11.5 Å². The van der Waals surface area contributed by atoms with Crippen LogP contribution in [0.4, 0.5) is 5.69 Å². The first-order valence-corrected chi connectivity index (χ1v) is 11.4. The zero-order valence-electron chi connectivity index (χ0n) is 19.1. The van der Waals surface area contributed by atoms with Gasteiger partial charge in [-0.15, -0.1) is 0 Å². The summed E-state index contributed by atoms with van der Waals surface area (Å²) in [4.78, 5) is 18.7. The van der Waals surface area contributed by atoms with Crippen molar-refractivity contribution in [1.82, 2.24) is 4.98 Å². The van der Waals surface area contributed by atoms with Crippen LogP contribution in [0.5, 0.6) is 11.5 Å². The third kappa shape index (κ3) is 4.36. The van der Waals surface area contributed by atoms with Gasteiger partial charge in [0.15, 0.2) is 17.3 Å². The van der Waals surface area contributed by atoms with Crippen molar-refractivity contribution in [3.63, 3.8) is 0 Å². The summed E-state index contributed by atoms with van der Waals surface area (Å²) in [5.74, 6) is 1.67. The van der Waals surface area contributed by atoms with Gasteiger partial charge in [-0.05, 0) is 54.3 Å². The first kappa shape index (κ1) is 21.3. The van der Waals surface area contributed by atoms with E-state index in [1.54, 1.807) is 19.5 Å². The quantitative estimate of drug-likeness (QED) is 0.500. The Kier molecular flexibility index (Phi) is 5.86. The lowest BCUT2D eigenvalue weighted by Gasteiger charge is -2.28. The minimum Gasteiger partial charge on any atom is -0.493 e. The molecule has 2 aliphatic carbocycles. The average molecular weight is 441 g/mol. The summed E-state index contributed by atoms with van der Waals surface area (Å²) >= 11 is 0. The van der Waals surface area contributed by atoms with Gasteiger partial charge in [0.2, 0.25) is 0 Å². The molecule has 2 aromatic carbocycles. The molecular formula is C28H28N2O3. The lowest BCUT2D eigenvalue weighted by molar-refractivity contribution is -0.114. The standard InChI is InChI=1S/C28H28N2O3/c1-19-25(8-9-26(19)31)30(18-20-11-13-29-14-12-20)23-7-10-27(32-2)28(17-23)33-24-15-21-5-3-4-6-22(21)16-24/h3-7,10-14,17,24H,8-9,15-16,18H2,1-2H3. The molecule has 0 atom stereocenters. The predicted molar refractivity (Wildman–Crippen MR) is 129 cm³/mol. The Balaban J connectivity index is 1.47. The number of carbonyl (C=O) groups is 1. The maximum absolute atomic E-state index is 12.3. The zero-order chi connectivity index (χ0) is 22.8. The SMILES string of the molecule is COc1ccc(N(Cc2ccncc2)C2=C(C)C(=O)CC2)cc1OC1Cc2ccccc2C1. The maximum Gasteiger partial charge on any atom is 0.163 e. The molecule has 0 amide bonds. The highest BCUT2D eigenvalue weighted by molar-refractivity contribution is 5.99. The van der Waals surface area contributed by atoms with Gasteiger partial charge in [-0.1, -0.05) is 24.3 Å². The third-order valence-corrected chi connectivity index (χ3v) is 6.62. The third-order valence-electron chi connectivity index (χ3n) is 6.62. The normalized spacial score (nSPS) is 15.6. The van der Waals surface area contributed by atoms with Crippen molar-refractivity contribution >= 4 is 11.5 Å². The summed E-state index contributed by atoms with van der Waals surface area (Å²) in [5, 5.41) is 0. The van der Waals surface area contributed by atoms with E-state index in [9.17, 15) is 4.79 Å². The molecule has 5 nitrogen and oxygen atoms in total. The highest BCUT2D eigenvalue weighted by Gasteiger charge is 2.27. The number of pyridine rings is 1. The number of Topliss-reactive ketones (excluding diaryl/α,β-unsaturated/α-hetero) is 1. The number of hydrogen-bond acceptors (Lipinski definition) is 5. The molecule has 0 radical (unpaired) electrons. The van der Waals surface area contributed by atoms with E-state index in [-0.39, 0.29) is 11.9 Å². The van der Waals surface area contributed by atoms with Gasteiger partial charge in [0.1, 0.15) is 6.10 Å². The molecule has 33 heavy (non-hydrogen) atoms. The smallest absolute Gasteiger partial charge is 0.163 e. The van der Waals surface area contributed by atoms with Gasteiger partial charge in [0.25, 0.3) is 0 Å². The van der Waals surface area contributed by atoms with E-state index in [0.29, 0.717) is 18.7 Å². The van der Waals surface area contributed by atoms with Crippen LogP contribution in [-0.2, 0) is 24.2 Å². The number of aromatic nitrogens is 1. The molecule has 0 saturated carbocycles. The van der Waals surface area contributed by atoms with Crippen LogP contribution in [0.1, 0.15) is 36.5 Å². The number of carbonyl (C=O) groups excluding carboxylic acids is 1. The molecule has 0 spiro atoms. The number of methoxy groups -OCH3 is 1. The summed E-state index contributed by atoms with van der Waals surface area (Å²) < 4.78 is 12.1. The molecule has 168 valence electrons. The molecule has 3 aromatic rings. The molecular weight excluding hydrogens is 412 g/mol. The van der Waals surface area contributed by atoms with E-state index < -0.39 is 0 Å². The maximum atomic E-state index is 12.3. The molecule has 0 unspecified atom stereocenters. The summed E-state index contributed by atoms with van der Waals surface area (Å²) in [6.45, 7) is 2.59. The first-order valence-electron chi connectivity index (χ1n) is 11.4. The largest absolute Gasteiger partial charge is 0.493 e. The van der Waals surface area contributed by atoms with Crippen LogP contribution < -0.4 is 14.4 Å². The molecule has 0 aliphatic heterocycles. The Morgan fingerprint density at radius 1 is 0.970 bits per heavy atom. The summed E-state index contributed by atoms with van der Waals surface area (Å²) in [5.41, 5.74) is 6.73. The van der Waals surface area contributed by atoms with Gasteiger partial charge in [-0.25, -0.2) is 0 Å². The molecule has 0 bridgehead atoms. The number of fused-ring (bicyclic) bond motifs is 1. The monoisotopic (exact) mass is 440 g/mol. The van der Waals surface area contributed by atoms with Crippen molar-refractivity contribution < 1.29 is 14.3 Å². The summed E-state index contributed by atoms with van der Waals surface area (Å²) in [7, 11) is 1.67. The fourth-order valence-electron chi connectivity index (χ4n) is 4.83. The van der Waals surface area contributed by atoms with Gasteiger partial charge in [0.05, 0.1) is 7.11 Å².